The molecule has 4 saturated heterocycles. The van der Waals surface area contributed by atoms with E-state index in [0.29, 0.717) is 61.1 Å². The molecule has 43 heavy (non-hydrogen) atoms. The standard InChI is InChI=1S/C32H33ClF2N6O2/c1-19-13-40(15-31(39-19)16-42-17-31)29-23-12-36-27(22-7-2-5-20-6-3-8-24(33)25(20)22)26(35)28(23)37-30(38-29)43-18-32-9-4-10-41(32)14-21(34)11-32/h2-3,5-8,12,19,21,39H,4,9-11,13-18H2,1H3/t19?,21-,32+/m1/s1. The fraction of sp³-hybridized carbons (Fsp3) is 0.469. The van der Waals surface area contributed by atoms with E-state index >= 15 is 4.39 Å². The Labute approximate surface area is 253 Å². The second kappa shape index (κ2) is 10.2. The maximum atomic E-state index is 16.7. The lowest BCUT2D eigenvalue weighted by atomic mass is 9.92. The highest BCUT2D eigenvalue weighted by atomic mass is 35.5. The molecule has 0 bridgehead atoms. The van der Waals surface area contributed by atoms with Gasteiger partial charge in [-0.1, -0.05) is 41.9 Å². The summed E-state index contributed by atoms with van der Waals surface area (Å²) in [5.41, 5.74) is 0.319. The van der Waals surface area contributed by atoms with Crippen molar-refractivity contribution >= 4 is 39.1 Å². The fourth-order valence-corrected chi connectivity index (χ4v) is 8.00. The summed E-state index contributed by atoms with van der Waals surface area (Å²) in [7, 11) is 0. The van der Waals surface area contributed by atoms with Gasteiger partial charge in [0.15, 0.2) is 5.82 Å². The van der Waals surface area contributed by atoms with Crippen molar-refractivity contribution in [3.05, 3.63) is 53.4 Å². The van der Waals surface area contributed by atoms with Gasteiger partial charge in [-0.05, 0) is 37.8 Å². The summed E-state index contributed by atoms with van der Waals surface area (Å²) in [6, 6.07) is 11.5. The number of alkyl halides is 1. The Kier molecular flexibility index (Phi) is 6.49. The first-order chi connectivity index (χ1) is 20.8. The van der Waals surface area contributed by atoms with Crippen molar-refractivity contribution in [2.45, 2.75) is 49.5 Å². The van der Waals surface area contributed by atoms with Gasteiger partial charge < -0.3 is 19.7 Å². The van der Waals surface area contributed by atoms with E-state index in [0.717, 1.165) is 30.2 Å². The van der Waals surface area contributed by atoms with E-state index in [1.165, 1.54) is 0 Å². The molecule has 2 aromatic heterocycles. The molecular formula is C32H33ClF2N6O2. The molecular weight excluding hydrogens is 574 g/mol. The Morgan fingerprint density at radius 1 is 1.16 bits per heavy atom. The number of hydrogen-bond donors (Lipinski definition) is 1. The number of anilines is 1. The average Bonchev–Trinajstić information content (AvgIpc) is 3.50. The van der Waals surface area contributed by atoms with Crippen LogP contribution in [0.4, 0.5) is 14.6 Å². The van der Waals surface area contributed by atoms with Crippen LogP contribution in [0.1, 0.15) is 26.2 Å². The number of aromatic nitrogens is 3. The summed E-state index contributed by atoms with van der Waals surface area (Å²) < 4.78 is 43.0. The predicted molar refractivity (Wildman–Crippen MR) is 162 cm³/mol. The second-order valence-corrected chi connectivity index (χ2v) is 13.1. The van der Waals surface area contributed by atoms with Gasteiger partial charge in [0.05, 0.1) is 29.7 Å². The van der Waals surface area contributed by atoms with Crippen LogP contribution < -0.4 is 15.0 Å². The number of hydrogen-bond acceptors (Lipinski definition) is 8. The zero-order chi connectivity index (χ0) is 29.3. The molecule has 4 fully saturated rings. The lowest BCUT2D eigenvalue weighted by molar-refractivity contribution is -0.0803. The first-order valence-corrected chi connectivity index (χ1v) is 15.4. The van der Waals surface area contributed by atoms with Crippen LogP contribution in [0.5, 0.6) is 6.01 Å². The SMILES string of the molecule is CC1CN(c2nc(OC[C@@]34CCCN3C[C@H](F)C4)nc3c(F)c(-c4cccc5cccc(Cl)c45)ncc23)CC2(COC2)N1. The fourth-order valence-electron chi connectivity index (χ4n) is 7.71. The lowest BCUT2D eigenvalue weighted by Gasteiger charge is -2.51. The molecule has 0 aliphatic carbocycles. The Morgan fingerprint density at radius 2 is 2.00 bits per heavy atom. The van der Waals surface area contributed by atoms with Gasteiger partial charge in [-0.15, -0.1) is 0 Å². The lowest BCUT2D eigenvalue weighted by Crippen LogP contribution is -2.73. The van der Waals surface area contributed by atoms with Gasteiger partial charge in [0.1, 0.15) is 29.8 Å². The number of nitrogens with one attached hydrogen (secondary N) is 1. The van der Waals surface area contributed by atoms with E-state index in [2.05, 4.69) is 32.0 Å². The molecule has 4 aliphatic rings. The first-order valence-electron chi connectivity index (χ1n) is 15.0. The molecule has 1 spiro atoms. The monoisotopic (exact) mass is 606 g/mol. The number of pyridine rings is 1. The van der Waals surface area contributed by atoms with Crippen LogP contribution in [0.25, 0.3) is 32.9 Å². The summed E-state index contributed by atoms with van der Waals surface area (Å²) >= 11 is 6.60. The highest BCUT2D eigenvalue weighted by molar-refractivity contribution is 6.36. The van der Waals surface area contributed by atoms with E-state index in [4.69, 9.17) is 26.1 Å². The van der Waals surface area contributed by atoms with E-state index in [-0.39, 0.29) is 40.9 Å². The van der Waals surface area contributed by atoms with E-state index < -0.39 is 12.0 Å². The van der Waals surface area contributed by atoms with Crippen molar-refractivity contribution in [3.8, 4) is 17.3 Å². The van der Waals surface area contributed by atoms with Crippen LogP contribution in [0.3, 0.4) is 0 Å². The van der Waals surface area contributed by atoms with Crippen molar-refractivity contribution in [2.75, 3.05) is 50.9 Å². The maximum absolute atomic E-state index is 16.7. The molecule has 0 saturated carbocycles. The quantitative estimate of drug-likeness (QED) is 0.334. The molecule has 4 aliphatic heterocycles. The number of piperazine rings is 1. The van der Waals surface area contributed by atoms with E-state index in [1.807, 2.05) is 30.3 Å². The van der Waals surface area contributed by atoms with Crippen LogP contribution >= 0.6 is 11.6 Å². The van der Waals surface area contributed by atoms with Crippen molar-refractivity contribution in [3.63, 3.8) is 0 Å². The van der Waals surface area contributed by atoms with Crippen LogP contribution in [-0.2, 0) is 4.74 Å². The molecule has 1 unspecified atom stereocenters. The van der Waals surface area contributed by atoms with Crippen molar-refractivity contribution in [1.29, 1.82) is 0 Å². The smallest absolute Gasteiger partial charge is 0.319 e. The number of nitrogens with zero attached hydrogens (tertiary/aromatic N) is 5. The summed E-state index contributed by atoms with van der Waals surface area (Å²) in [6.45, 7) is 6.16. The molecule has 8 nitrogen and oxygen atoms in total. The summed E-state index contributed by atoms with van der Waals surface area (Å²) in [4.78, 5) is 18.5. The van der Waals surface area contributed by atoms with Crippen molar-refractivity contribution in [1.82, 2.24) is 25.2 Å². The number of benzene rings is 2. The Bertz CT molecular complexity index is 1730. The molecule has 0 radical (unpaired) electrons. The molecule has 224 valence electrons. The largest absolute Gasteiger partial charge is 0.461 e. The molecule has 6 heterocycles. The Balaban J connectivity index is 1.25. The van der Waals surface area contributed by atoms with Gasteiger partial charge in [-0.2, -0.15) is 9.97 Å². The molecule has 3 atom stereocenters. The molecule has 4 aromatic rings. The maximum Gasteiger partial charge on any atom is 0.319 e. The highest BCUT2D eigenvalue weighted by Crippen LogP contribution is 2.41. The molecule has 11 heteroatoms. The summed E-state index contributed by atoms with van der Waals surface area (Å²) in [5.74, 6) is 0.0118. The van der Waals surface area contributed by atoms with E-state index in [1.54, 1.807) is 12.3 Å². The first kappa shape index (κ1) is 27.4. The van der Waals surface area contributed by atoms with Crippen LogP contribution in [0, 0.1) is 5.82 Å². The Hall–Kier alpha value is -3.18. The van der Waals surface area contributed by atoms with Crippen LogP contribution in [-0.4, -0.2) is 89.1 Å². The van der Waals surface area contributed by atoms with E-state index in [9.17, 15) is 4.39 Å². The minimum atomic E-state index is -0.876. The van der Waals surface area contributed by atoms with Crippen LogP contribution in [0.15, 0.2) is 42.6 Å². The van der Waals surface area contributed by atoms with Gasteiger partial charge in [0, 0.05) is 54.3 Å². The highest BCUT2D eigenvalue weighted by Gasteiger charge is 2.49. The van der Waals surface area contributed by atoms with Crippen molar-refractivity contribution < 1.29 is 18.3 Å². The minimum absolute atomic E-state index is 0.0862. The Morgan fingerprint density at radius 3 is 2.81 bits per heavy atom. The zero-order valence-electron chi connectivity index (χ0n) is 24.0. The predicted octanol–water partition coefficient (Wildman–Crippen LogP) is 5.16. The summed E-state index contributed by atoms with van der Waals surface area (Å²) in [6.07, 6.45) is 3.06. The number of rotatable bonds is 5. The third kappa shape index (κ3) is 4.53. The number of ether oxygens (including phenoxy) is 2. The van der Waals surface area contributed by atoms with Gasteiger partial charge in [0.2, 0.25) is 0 Å². The number of halogens is 3. The second-order valence-electron chi connectivity index (χ2n) is 12.7. The zero-order valence-corrected chi connectivity index (χ0v) is 24.7. The third-order valence-corrected chi connectivity index (χ3v) is 9.89. The third-order valence-electron chi connectivity index (χ3n) is 9.58. The topological polar surface area (TPSA) is 75.6 Å². The molecule has 0 amide bonds. The van der Waals surface area contributed by atoms with Gasteiger partial charge >= 0.3 is 6.01 Å². The molecule has 1 N–H and O–H groups in total. The summed E-state index contributed by atoms with van der Waals surface area (Å²) in [5, 5.41) is 6.32. The average molecular weight is 607 g/mol. The van der Waals surface area contributed by atoms with Crippen molar-refractivity contribution in [2.24, 2.45) is 0 Å². The molecule has 2 aromatic carbocycles. The van der Waals surface area contributed by atoms with Crippen LogP contribution in [0.2, 0.25) is 5.02 Å². The van der Waals surface area contributed by atoms with Gasteiger partial charge in [-0.3, -0.25) is 9.88 Å². The normalized spacial score (nSPS) is 26.7. The van der Waals surface area contributed by atoms with Gasteiger partial charge in [-0.25, -0.2) is 8.78 Å². The number of fused-ring (bicyclic) bond motifs is 3. The molecule has 8 rings (SSSR count). The minimum Gasteiger partial charge on any atom is -0.461 e. The van der Waals surface area contributed by atoms with Gasteiger partial charge in [0.25, 0.3) is 0 Å².